The number of hydrogen-bond acceptors (Lipinski definition) is 0. The van der Waals surface area contributed by atoms with E-state index in [4.69, 9.17) is 0 Å². The van der Waals surface area contributed by atoms with Gasteiger partial charge in [-0.25, -0.2) is 8.78 Å². The zero-order valence-electron chi connectivity index (χ0n) is 9.30. The number of nitrogens with zero attached hydrogens (tertiary/aromatic N) is 1. The molecule has 1 aromatic rings. The maximum atomic E-state index is 12.6. The quantitative estimate of drug-likeness (QED) is 0.432. The summed E-state index contributed by atoms with van der Waals surface area (Å²) < 4.78 is 60.7. The van der Waals surface area contributed by atoms with Crippen molar-refractivity contribution in [3.63, 3.8) is 0 Å². The Labute approximate surface area is 108 Å². The van der Waals surface area contributed by atoms with Crippen LogP contribution in [0, 0.1) is 0 Å². The molecule has 0 aliphatic heterocycles. The van der Waals surface area contributed by atoms with Crippen molar-refractivity contribution in [1.29, 1.82) is 0 Å². The van der Waals surface area contributed by atoms with Crippen molar-refractivity contribution in [2.24, 2.45) is 0 Å². The van der Waals surface area contributed by atoms with Gasteiger partial charge in [-0.1, -0.05) is 42.8 Å². The van der Waals surface area contributed by atoms with Gasteiger partial charge in [0, 0.05) is 0 Å². The Hall–Kier alpha value is -0.573. The first-order chi connectivity index (χ1) is 7.24. The van der Waals surface area contributed by atoms with E-state index in [0.29, 0.717) is 5.56 Å². The van der Waals surface area contributed by atoms with Crippen LogP contribution < -0.4 is 18.9 Å². The molecule has 0 unspecified atom stereocenters. The monoisotopic (exact) mass is 245 g/mol. The molecule has 0 spiro atoms. The molecule has 0 aromatic heterocycles. The summed E-state index contributed by atoms with van der Waals surface area (Å²) in [5.74, 6) is 0. The number of halogens is 5. The standard InChI is InChI=1S/C10H9F5N.Li/c1-7(8-5-3-2-4-6-8)16-10(14,15)9(11,12)13;/h2-7H,1H3;/q-1;+1/t7-;/m0./s1. The van der Waals surface area contributed by atoms with Gasteiger partial charge in [-0.2, -0.15) is 13.2 Å². The molecule has 1 nitrogen and oxygen atoms in total. The summed E-state index contributed by atoms with van der Waals surface area (Å²) in [4.78, 5) is 0. The topological polar surface area (TPSA) is 14.1 Å². The average molecular weight is 245 g/mol. The van der Waals surface area contributed by atoms with Crippen LogP contribution in [0.1, 0.15) is 18.5 Å². The van der Waals surface area contributed by atoms with Crippen LogP contribution in [-0.4, -0.2) is 12.2 Å². The van der Waals surface area contributed by atoms with Crippen molar-refractivity contribution in [2.75, 3.05) is 0 Å². The molecule has 7 heteroatoms. The van der Waals surface area contributed by atoms with E-state index < -0.39 is 18.3 Å². The second kappa shape index (κ2) is 5.85. The molecule has 0 fully saturated rings. The summed E-state index contributed by atoms with van der Waals surface area (Å²) in [5, 5.41) is 2.49. The fraction of sp³-hybridized carbons (Fsp3) is 0.400. The van der Waals surface area contributed by atoms with Crippen molar-refractivity contribution in [3.05, 3.63) is 41.2 Å². The minimum atomic E-state index is -5.64. The molecule has 1 atom stereocenters. The van der Waals surface area contributed by atoms with Gasteiger partial charge in [0.15, 0.2) is 0 Å². The number of rotatable bonds is 3. The third-order valence-corrected chi connectivity index (χ3v) is 1.98. The van der Waals surface area contributed by atoms with Gasteiger partial charge in [0.2, 0.25) is 0 Å². The summed E-state index contributed by atoms with van der Waals surface area (Å²) >= 11 is 0. The molecule has 0 amide bonds. The molecule has 0 aliphatic carbocycles. The van der Waals surface area contributed by atoms with E-state index in [9.17, 15) is 22.0 Å². The van der Waals surface area contributed by atoms with E-state index >= 15 is 0 Å². The first-order valence-electron chi connectivity index (χ1n) is 4.45. The first-order valence-corrected chi connectivity index (χ1v) is 4.45. The zero-order chi connectivity index (χ0) is 12.4. The Morgan fingerprint density at radius 3 is 1.88 bits per heavy atom. The van der Waals surface area contributed by atoms with Gasteiger partial charge in [0.1, 0.15) is 0 Å². The Balaban J connectivity index is 0.00000256. The van der Waals surface area contributed by atoms with E-state index in [1.807, 2.05) is 0 Å². The van der Waals surface area contributed by atoms with Gasteiger partial charge in [0.25, 0.3) is 6.05 Å². The molecule has 1 aromatic carbocycles. The van der Waals surface area contributed by atoms with Gasteiger partial charge >= 0.3 is 25.0 Å². The van der Waals surface area contributed by atoms with Crippen LogP contribution in [-0.2, 0) is 0 Å². The van der Waals surface area contributed by atoms with E-state index in [2.05, 4.69) is 5.32 Å². The molecule has 1 rings (SSSR count). The van der Waals surface area contributed by atoms with E-state index in [-0.39, 0.29) is 18.9 Å². The Bertz CT molecular complexity index is 338. The third kappa shape index (κ3) is 4.30. The van der Waals surface area contributed by atoms with Crippen molar-refractivity contribution in [1.82, 2.24) is 0 Å². The second-order valence-electron chi connectivity index (χ2n) is 3.25. The SMILES string of the molecule is C[C@H]([N-]C(F)(F)C(F)(F)F)c1ccccc1.[Li+]. The fourth-order valence-corrected chi connectivity index (χ4v) is 1.12. The number of alkyl halides is 5. The second-order valence-corrected chi connectivity index (χ2v) is 3.25. The summed E-state index contributed by atoms with van der Waals surface area (Å²) in [6, 6.07) is 1.40. The van der Waals surface area contributed by atoms with Crippen LogP contribution in [0.5, 0.6) is 0 Å². The van der Waals surface area contributed by atoms with Crippen molar-refractivity contribution < 1.29 is 40.8 Å². The van der Waals surface area contributed by atoms with E-state index in [0.717, 1.165) is 0 Å². The summed E-state index contributed by atoms with van der Waals surface area (Å²) in [5.41, 5.74) is 0.312. The third-order valence-electron chi connectivity index (χ3n) is 1.98. The van der Waals surface area contributed by atoms with Gasteiger partial charge in [-0.05, 0) is 0 Å². The van der Waals surface area contributed by atoms with Gasteiger partial charge in [0.05, 0.1) is 0 Å². The van der Waals surface area contributed by atoms with Gasteiger partial charge in [-0.15, -0.1) is 6.04 Å². The van der Waals surface area contributed by atoms with Crippen molar-refractivity contribution >= 4 is 0 Å². The summed E-state index contributed by atoms with van der Waals surface area (Å²) in [6.45, 7) is 1.19. The zero-order valence-corrected chi connectivity index (χ0v) is 9.30. The van der Waals surface area contributed by atoms with Crippen LogP contribution >= 0.6 is 0 Å². The smallest absolute Gasteiger partial charge is 0.586 e. The van der Waals surface area contributed by atoms with Crippen LogP contribution in [0.25, 0.3) is 5.32 Å². The molecular formula is C10H9F5LiN. The molecule has 90 valence electrons. The normalized spacial score (nSPS) is 14.0. The molecule has 0 heterocycles. The number of hydrogen-bond donors (Lipinski definition) is 0. The molecule has 0 saturated carbocycles. The first kappa shape index (κ1) is 16.4. The maximum absolute atomic E-state index is 12.6. The fourth-order valence-electron chi connectivity index (χ4n) is 1.12. The molecule has 0 aliphatic rings. The van der Waals surface area contributed by atoms with Crippen LogP contribution in [0.3, 0.4) is 0 Å². The maximum Gasteiger partial charge on any atom is 1.00 e. The molecule has 17 heavy (non-hydrogen) atoms. The summed E-state index contributed by atoms with van der Waals surface area (Å²) in [6.07, 6.45) is -5.64. The van der Waals surface area contributed by atoms with Crippen LogP contribution in [0.2, 0.25) is 0 Å². The predicted octanol–water partition coefficient (Wildman–Crippen LogP) is 1.28. The van der Waals surface area contributed by atoms with E-state index in [1.54, 1.807) is 18.2 Å². The van der Waals surface area contributed by atoms with Gasteiger partial charge in [-0.3, -0.25) is 0 Å². The Morgan fingerprint density at radius 1 is 1.00 bits per heavy atom. The molecule has 0 N–H and O–H groups in total. The Morgan fingerprint density at radius 2 is 1.47 bits per heavy atom. The predicted molar refractivity (Wildman–Crippen MR) is 49.2 cm³/mol. The molecule has 0 bridgehead atoms. The van der Waals surface area contributed by atoms with Crippen LogP contribution in [0.15, 0.2) is 30.3 Å². The van der Waals surface area contributed by atoms with Crippen LogP contribution in [0.4, 0.5) is 22.0 Å². The summed E-state index contributed by atoms with van der Waals surface area (Å²) in [7, 11) is 0. The van der Waals surface area contributed by atoms with Crippen molar-refractivity contribution in [2.45, 2.75) is 25.2 Å². The molecule has 0 radical (unpaired) electrons. The van der Waals surface area contributed by atoms with Crippen molar-refractivity contribution in [3.8, 4) is 0 Å². The molecular weight excluding hydrogens is 236 g/mol. The minimum Gasteiger partial charge on any atom is -0.586 e. The Kier molecular flexibility index (Phi) is 5.65. The minimum absolute atomic E-state index is 0. The average Bonchev–Trinajstić information content (AvgIpc) is 2.16. The van der Waals surface area contributed by atoms with Gasteiger partial charge < -0.3 is 5.32 Å². The molecule has 0 saturated heterocycles. The number of benzene rings is 1. The van der Waals surface area contributed by atoms with E-state index in [1.165, 1.54) is 19.1 Å². The largest absolute Gasteiger partial charge is 1.00 e.